The van der Waals surface area contributed by atoms with Crippen molar-refractivity contribution in [3.8, 4) is 0 Å². The van der Waals surface area contributed by atoms with Crippen molar-refractivity contribution in [2.24, 2.45) is 5.92 Å². The third-order valence-electron chi connectivity index (χ3n) is 15.9. The Morgan fingerprint density at radius 3 is 1.53 bits per heavy atom. The summed E-state index contributed by atoms with van der Waals surface area (Å²) in [5.41, 5.74) is 9.68. The molecule has 2 N–H and O–H groups in total. The molecule has 2 aliphatic rings. The molecule has 0 saturated carbocycles. The lowest BCUT2D eigenvalue weighted by atomic mass is 9.72. The molecule has 0 radical (unpaired) electrons. The van der Waals surface area contributed by atoms with Crippen LogP contribution in [0.4, 0.5) is 0 Å². The summed E-state index contributed by atoms with van der Waals surface area (Å²) in [5, 5.41) is 15.4. The van der Waals surface area contributed by atoms with Gasteiger partial charge in [0.2, 0.25) is 5.91 Å². The summed E-state index contributed by atoms with van der Waals surface area (Å²) in [6.07, 6.45) is 5.16. The Bertz CT molecular complexity index is 2840. The van der Waals surface area contributed by atoms with Crippen molar-refractivity contribution in [3.05, 3.63) is 263 Å². The average Bonchev–Trinajstić information content (AvgIpc) is 3.74. The molecule has 8 aromatic rings. The summed E-state index contributed by atoms with van der Waals surface area (Å²) in [6.45, 7) is 5.61. The second-order valence-corrected chi connectivity index (χ2v) is 22.7. The standard InChI is InChI=1S/C67H70N4OS2/c1-2-62(68)65-61(53-39-38-51-24-21-22-25-52(51)48-53)49-60-40-41-63(65)71(60)44-23-43-70(45-47-74-67(57-32-15-6-16-33-57,58-34-17-7-18-35-58)59-36-19-8-20-37-59)50-64(72)69-42-46-73-66(54-26-9-3-10-27-54,55-28-11-4-12-29-55)56-30-13-5-14-31-56/h3-22,24-39,48,60-61,63,65,68H,2,23,40-47,49-50H2,1H3,(H,69,72)/t60?,61?,63?,65-/m0/s1. The second-order valence-electron chi connectivity index (χ2n) is 20.1. The third-order valence-corrected chi connectivity index (χ3v) is 18.9. The summed E-state index contributed by atoms with van der Waals surface area (Å²) in [6, 6.07) is 81.8. The van der Waals surface area contributed by atoms with Gasteiger partial charge in [-0.25, -0.2) is 0 Å². The highest BCUT2D eigenvalue weighted by molar-refractivity contribution is 8.00. The molecule has 2 bridgehead atoms. The van der Waals surface area contributed by atoms with Crippen LogP contribution in [0.25, 0.3) is 10.8 Å². The zero-order chi connectivity index (χ0) is 50.6. The van der Waals surface area contributed by atoms with E-state index >= 15 is 0 Å². The van der Waals surface area contributed by atoms with Crippen molar-refractivity contribution in [2.75, 3.05) is 44.2 Å². The van der Waals surface area contributed by atoms with E-state index in [1.807, 2.05) is 23.5 Å². The van der Waals surface area contributed by atoms with Gasteiger partial charge in [-0.3, -0.25) is 14.6 Å². The van der Waals surface area contributed by atoms with Gasteiger partial charge in [-0.05, 0) is 101 Å². The highest BCUT2D eigenvalue weighted by Gasteiger charge is 2.48. The first-order chi connectivity index (χ1) is 36.5. The van der Waals surface area contributed by atoms with Gasteiger partial charge in [-0.15, -0.1) is 23.5 Å². The topological polar surface area (TPSA) is 59.4 Å². The number of nitrogens with zero attached hydrogens (tertiary/aromatic N) is 2. The number of rotatable bonds is 23. The molecule has 0 spiro atoms. The van der Waals surface area contributed by atoms with Crippen molar-refractivity contribution >= 4 is 45.9 Å². The molecule has 0 aromatic heterocycles. The quantitative estimate of drug-likeness (QED) is 0.0380. The molecule has 2 saturated heterocycles. The number of nitrogens with one attached hydrogen (secondary N) is 2. The lowest BCUT2D eigenvalue weighted by molar-refractivity contribution is -0.122. The number of thioether (sulfide) groups is 2. The van der Waals surface area contributed by atoms with E-state index in [0.717, 1.165) is 62.5 Å². The Balaban J connectivity index is 0.874. The Hall–Kier alpha value is -6.22. The van der Waals surface area contributed by atoms with Crippen molar-refractivity contribution in [1.82, 2.24) is 15.1 Å². The highest BCUT2D eigenvalue weighted by atomic mass is 32.2. The summed E-state index contributed by atoms with van der Waals surface area (Å²) >= 11 is 3.85. The molecule has 2 aliphatic heterocycles. The number of fused-ring (bicyclic) bond motifs is 3. The summed E-state index contributed by atoms with van der Waals surface area (Å²) in [5.74, 6) is 2.19. The van der Waals surface area contributed by atoms with Gasteiger partial charge in [0.15, 0.2) is 0 Å². The summed E-state index contributed by atoms with van der Waals surface area (Å²) in [7, 11) is 0. The Morgan fingerprint density at radius 2 is 1.04 bits per heavy atom. The van der Waals surface area contributed by atoms with Crippen LogP contribution in [0.1, 0.15) is 83.9 Å². The fourth-order valence-electron chi connectivity index (χ4n) is 12.4. The number of carbonyl (C=O) groups is 1. The van der Waals surface area contributed by atoms with Gasteiger partial charge in [-0.2, -0.15) is 0 Å². The second kappa shape index (κ2) is 24.4. The van der Waals surface area contributed by atoms with E-state index in [1.54, 1.807) is 0 Å². The van der Waals surface area contributed by atoms with Crippen LogP contribution in [0, 0.1) is 11.3 Å². The van der Waals surface area contributed by atoms with Crippen LogP contribution in [0.5, 0.6) is 0 Å². The van der Waals surface area contributed by atoms with Gasteiger partial charge in [0.25, 0.3) is 0 Å². The molecular weight excluding hydrogens is 941 g/mol. The lowest BCUT2D eigenvalue weighted by Gasteiger charge is -2.45. The van der Waals surface area contributed by atoms with E-state index < -0.39 is 9.49 Å². The molecule has 10 rings (SSSR count). The van der Waals surface area contributed by atoms with Crippen LogP contribution in [0.3, 0.4) is 0 Å². The van der Waals surface area contributed by atoms with Crippen molar-refractivity contribution in [3.63, 3.8) is 0 Å². The minimum atomic E-state index is -0.446. The molecule has 2 heterocycles. The third kappa shape index (κ3) is 11.1. The molecule has 0 aliphatic carbocycles. The van der Waals surface area contributed by atoms with Crippen LogP contribution in [-0.4, -0.2) is 77.7 Å². The monoisotopic (exact) mass is 1010 g/mol. The molecule has 2 fully saturated rings. The average molecular weight is 1010 g/mol. The first-order valence-electron chi connectivity index (χ1n) is 26.9. The van der Waals surface area contributed by atoms with Crippen molar-refractivity contribution < 1.29 is 4.79 Å². The summed E-state index contributed by atoms with van der Waals surface area (Å²) < 4.78 is -0.885. The fourth-order valence-corrected chi connectivity index (χ4v) is 15.4. The molecule has 376 valence electrons. The van der Waals surface area contributed by atoms with Gasteiger partial charge in [0.1, 0.15) is 0 Å². The van der Waals surface area contributed by atoms with E-state index in [9.17, 15) is 10.2 Å². The number of piperidine rings is 1. The molecule has 4 atom stereocenters. The largest absolute Gasteiger partial charge is 0.354 e. The van der Waals surface area contributed by atoms with Crippen LogP contribution < -0.4 is 5.32 Å². The van der Waals surface area contributed by atoms with Crippen LogP contribution in [-0.2, 0) is 14.3 Å². The molecule has 5 nitrogen and oxygen atoms in total. The molecule has 1 amide bonds. The maximum absolute atomic E-state index is 14.4. The van der Waals surface area contributed by atoms with E-state index in [2.05, 4.69) is 246 Å². The van der Waals surface area contributed by atoms with Gasteiger partial charge in [0, 0.05) is 48.3 Å². The highest BCUT2D eigenvalue weighted by Crippen LogP contribution is 2.51. The zero-order valence-corrected chi connectivity index (χ0v) is 44.4. The minimum Gasteiger partial charge on any atom is -0.354 e. The van der Waals surface area contributed by atoms with Crippen molar-refractivity contribution in [1.29, 1.82) is 5.41 Å². The fraction of sp³-hybridized carbons (Fsp3) is 0.284. The van der Waals surface area contributed by atoms with Crippen LogP contribution in [0.2, 0.25) is 0 Å². The number of hydrogen-bond acceptors (Lipinski definition) is 6. The van der Waals surface area contributed by atoms with Crippen LogP contribution >= 0.6 is 23.5 Å². The van der Waals surface area contributed by atoms with Gasteiger partial charge >= 0.3 is 0 Å². The number of amides is 1. The first-order valence-corrected chi connectivity index (χ1v) is 28.9. The predicted molar refractivity (Wildman–Crippen MR) is 314 cm³/mol. The molecular formula is C67H70N4OS2. The molecule has 3 unspecified atom stereocenters. The van der Waals surface area contributed by atoms with E-state index in [4.69, 9.17) is 0 Å². The number of carbonyl (C=O) groups excluding carboxylic acids is 1. The maximum atomic E-state index is 14.4. The number of benzene rings is 8. The smallest absolute Gasteiger partial charge is 0.234 e. The minimum absolute atomic E-state index is 0.0634. The summed E-state index contributed by atoms with van der Waals surface area (Å²) in [4.78, 5) is 19.6. The van der Waals surface area contributed by atoms with E-state index in [0.29, 0.717) is 31.1 Å². The van der Waals surface area contributed by atoms with Crippen LogP contribution in [0.15, 0.2) is 224 Å². The first kappa shape index (κ1) is 51.3. The van der Waals surface area contributed by atoms with E-state index in [-0.39, 0.29) is 11.8 Å². The zero-order valence-electron chi connectivity index (χ0n) is 42.8. The van der Waals surface area contributed by atoms with Gasteiger partial charge in [0.05, 0.1) is 16.0 Å². The van der Waals surface area contributed by atoms with Crippen molar-refractivity contribution in [2.45, 2.75) is 66.5 Å². The Morgan fingerprint density at radius 1 is 0.581 bits per heavy atom. The molecule has 8 aromatic carbocycles. The molecule has 7 heteroatoms. The lowest BCUT2D eigenvalue weighted by Crippen LogP contribution is -2.51. The predicted octanol–water partition coefficient (Wildman–Crippen LogP) is 14.5. The van der Waals surface area contributed by atoms with Gasteiger partial charge in [-0.1, -0.05) is 231 Å². The molecule has 74 heavy (non-hydrogen) atoms. The SMILES string of the molecule is CCC(=N)[C@@H]1C(c2ccc3ccccc3c2)CC2CCC1N2CCCN(CCSC(c1ccccc1)(c1ccccc1)c1ccccc1)CC(=O)NCCSC(c1ccccc1)(c1ccccc1)c1ccccc1. The number of hydrogen-bond donors (Lipinski definition) is 2. The van der Waals surface area contributed by atoms with E-state index in [1.165, 1.54) is 56.1 Å². The maximum Gasteiger partial charge on any atom is 0.234 e. The normalized spacial score (nSPS) is 17.9. The Kier molecular flexibility index (Phi) is 16.9. The Labute approximate surface area is 448 Å². The van der Waals surface area contributed by atoms with Gasteiger partial charge < -0.3 is 10.7 Å².